The van der Waals surface area contributed by atoms with Crippen molar-refractivity contribution >= 4 is 11.6 Å². The lowest BCUT2D eigenvalue weighted by atomic mass is 10.1. The zero-order valence-electron chi connectivity index (χ0n) is 15.4. The molecule has 1 aromatic heterocycles. The smallest absolute Gasteiger partial charge is 0.258 e. The lowest BCUT2D eigenvalue weighted by Crippen LogP contribution is -2.25. The lowest BCUT2D eigenvalue weighted by Gasteiger charge is -2.19. The summed E-state index contributed by atoms with van der Waals surface area (Å²) in [7, 11) is 0. The number of nitrogens with zero attached hydrogens (tertiary/aromatic N) is 3. The van der Waals surface area contributed by atoms with Gasteiger partial charge < -0.3 is 18.9 Å². The van der Waals surface area contributed by atoms with Crippen molar-refractivity contribution in [1.29, 1.82) is 0 Å². The van der Waals surface area contributed by atoms with Gasteiger partial charge in [-0.1, -0.05) is 30.3 Å². The normalized spacial score (nSPS) is 18.1. The summed E-state index contributed by atoms with van der Waals surface area (Å²) in [5, 5.41) is 4.14. The van der Waals surface area contributed by atoms with Crippen LogP contribution in [0.3, 0.4) is 0 Å². The first kappa shape index (κ1) is 16.8. The fraction of sp³-hybridized carbons (Fsp3) is 0.286. The van der Waals surface area contributed by atoms with E-state index < -0.39 is 0 Å². The Hall–Kier alpha value is -3.35. The Balaban J connectivity index is 1.39. The number of amides is 1. The van der Waals surface area contributed by atoms with Crippen molar-refractivity contribution in [3.8, 4) is 23.0 Å². The van der Waals surface area contributed by atoms with Crippen LogP contribution in [-0.4, -0.2) is 29.4 Å². The van der Waals surface area contributed by atoms with Gasteiger partial charge in [-0.25, -0.2) is 0 Å². The zero-order chi connectivity index (χ0) is 19.1. The number of benzene rings is 2. The van der Waals surface area contributed by atoms with Crippen LogP contribution in [0.1, 0.15) is 30.7 Å². The second kappa shape index (κ2) is 6.67. The van der Waals surface area contributed by atoms with Gasteiger partial charge in [0.1, 0.15) is 0 Å². The summed E-state index contributed by atoms with van der Waals surface area (Å²) in [6, 6.07) is 13.5. The second-order valence-electron chi connectivity index (χ2n) is 6.91. The van der Waals surface area contributed by atoms with Gasteiger partial charge in [0.15, 0.2) is 17.3 Å². The third-order valence-corrected chi connectivity index (χ3v) is 5.21. The van der Waals surface area contributed by atoms with Gasteiger partial charge in [-0.3, -0.25) is 4.79 Å². The lowest BCUT2D eigenvalue weighted by molar-refractivity contribution is -0.117. The highest BCUT2D eigenvalue weighted by Gasteiger charge is 2.35. The van der Waals surface area contributed by atoms with Gasteiger partial charge in [0.25, 0.3) is 5.89 Å². The molecule has 0 spiro atoms. The van der Waals surface area contributed by atoms with Crippen LogP contribution in [0.2, 0.25) is 0 Å². The fourth-order valence-electron chi connectivity index (χ4n) is 3.73. The molecule has 2 aliphatic rings. The van der Waals surface area contributed by atoms with Crippen LogP contribution < -0.4 is 14.4 Å². The van der Waals surface area contributed by atoms with Crippen molar-refractivity contribution in [2.45, 2.75) is 25.7 Å². The number of hydrogen-bond donors (Lipinski definition) is 0. The summed E-state index contributed by atoms with van der Waals surface area (Å²) in [5.41, 5.74) is 2.89. The van der Waals surface area contributed by atoms with Crippen LogP contribution in [0.5, 0.6) is 11.5 Å². The van der Waals surface area contributed by atoms with E-state index in [9.17, 15) is 4.79 Å². The van der Waals surface area contributed by atoms with Crippen molar-refractivity contribution in [1.82, 2.24) is 10.1 Å². The first-order chi connectivity index (χ1) is 13.7. The third kappa shape index (κ3) is 2.79. The molecule has 5 rings (SSSR count). The number of para-hydroxylation sites is 1. The molecule has 1 fully saturated rings. The molecular formula is C21H19N3O4. The molecule has 1 atom stereocenters. The topological polar surface area (TPSA) is 77.7 Å². The van der Waals surface area contributed by atoms with Crippen LogP contribution in [0.25, 0.3) is 11.5 Å². The molecule has 0 saturated carbocycles. The molecule has 2 aromatic carbocycles. The Morgan fingerprint density at radius 1 is 1.14 bits per heavy atom. The maximum Gasteiger partial charge on any atom is 0.258 e. The molecule has 0 radical (unpaired) electrons. The average Bonchev–Trinajstić information content (AvgIpc) is 3.46. The number of fused-ring (bicyclic) bond motifs is 1. The Kier molecular flexibility index (Phi) is 4.00. The quantitative estimate of drug-likeness (QED) is 0.692. The molecule has 0 bridgehead atoms. The van der Waals surface area contributed by atoms with Gasteiger partial charge in [0.05, 0.1) is 0 Å². The number of ether oxygens (including phenoxy) is 2. The molecule has 3 heterocycles. The monoisotopic (exact) mass is 377 g/mol. The Bertz CT molecular complexity index is 1050. The van der Waals surface area contributed by atoms with E-state index in [4.69, 9.17) is 14.0 Å². The van der Waals surface area contributed by atoms with E-state index in [-0.39, 0.29) is 18.6 Å². The summed E-state index contributed by atoms with van der Waals surface area (Å²) in [4.78, 5) is 19.0. The number of carbonyl (C=O) groups is 1. The maximum atomic E-state index is 12.6. The van der Waals surface area contributed by atoms with Crippen molar-refractivity contribution in [2.24, 2.45) is 0 Å². The van der Waals surface area contributed by atoms with Crippen LogP contribution in [-0.2, 0) is 11.2 Å². The molecule has 0 aliphatic carbocycles. The molecule has 142 valence electrons. The summed E-state index contributed by atoms with van der Waals surface area (Å²) < 4.78 is 16.2. The third-order valence-electron chi connectivity index (χ3n) is 5.21. The Morgan fingerprint density at radius 3 is 2.89 bits per heavy atom. The van der Waals surface area contributed by atoms with Crippen LogP contribution >= 0.6 is 0 Å². The highest BCUT2D eigenvalue weighted by molar-refractivity contribution is 5.97. The van der Waals surface area contributed by atoms with E-state index in [1.54, 1.807) is 0 Å². The number of hydrogen-bond acceptors (Lipinski definition) is 6. The second-order valence-corrected chi connectivity index (χ2v) is 6.91. The predicted molar refractivity (Wildman–Crippen MR) is 101 cm³/mol. The molecule has 1 saturated heterocycles. The minimum absolute atomic E-state index is 0.0836. The highest BCUT2D eigenvalue weighted by Crippen LogP contribution is 2.37. The van der Waals surface area contributed by atoms with Crippen molar-refractivity contribution in [3.63, 3.8) is 0 Å². The van der Waals surface area contributed by atoms with Gasteiger partial charge in [-0.2, -0.15) is 4.98 Å². The molecule has 1 amide bonds. The van der Waals surface area contributed by atoms with Crippen molar-refractivity contribution in [3.05, 3.63) is 53.9 Å². The first-order valence-corrected chi connectivity index (χ1v) is 9.35. The van der Waals surface area contributed by atoms with E-state index in [0.717, 1.165) is 23.2 Å². The van der Waals surface area contributed by atoms with Gasteiger partial charge >= 0.3 is 0 Å². The molecule has 7 nitrogen and oxygen atoms in total. The molecule has 0 N–H and O–H groups in total. The number of aromatic nitrogens is 2. The standard InChI is InChI=1S/C21H19N3O4/c1-2-13-5-3-4-6-16(13)24-11-15(10-19(24)25)20-22-21(28-23-20)14-7-8-17-18(9-14)27-12-26-17/h3-9,15H,2,10-12H2,1H3. The number of rotatable bonds is 4. The van der Waals surface area contributed by atoms with Gasteiger partial charge in [0, 0.05) is 30.1 Å². The molecule has 2 aliphatic heterocycles. The van der Waals surface area contributed by atoms with Gasteiger partial charge in [-0.15, -0.1) is 0 Å². The number of carbonyl (C=O) groups excluding carboxylic acids is 1. The number of anilines is 1. The van der Waals surface area contributed by atoms with E-state index in [1.165, 1.54) is 0 Å². The van der Waals surface area contributed by atoms with E-state index in [0.29, 0.717) is 36.2 Å². The van der Waals surface area contributed by atoms with E-state index in [2.05, 4.69) is 23.1 Å². The Labute approximate surface area is 161 Å². The molecule has 7 heteroatoms. The summed E-state index contributed by atoms with van der Waals surface area (Å²) in [6.07, 6.45) is 1.25. The maximum absolute atomic E-state index is 12.6. The van der Waals surface area contributed by atoms with Crippen molar-refractivity contribution in [2.75, 3.05) is 18.2 Å². The summed E-state index contributed by atoms with van der Waals surface area (Å²) >= 11 is 0. The average molecular weight is 377 g/mol. The molecule has 28 heavy (non-hydrogen) atoms. The van der Waals surface area contributed by atoms with Gasteiger partial charge in [-0.05, 0) is 36.2 Å². The highest BCUT2D eigenvalue weighted by atomic mass is 16.7. The molecule has 1 unspecified atom stereocenters. The fourth-order valence-corrected chi connectivity index (χ4v) is 3.73. The SMILES string of the molecule is CCc1ccccc1N1CC(c2noc(-c3ccc4c(c3)OCO4)n2)CC1=O. The van der Waals surface area contributed by atoms with E-state index >= 15 is 0 Å². The zero-order valence-corrected chi connectivity index (χ0v) is 15.4. The van der Waals surface area contributed by atoms with Gasteiger partial charge in [0.2, 0.25) is 12.7 Å². The largest absolute Gasteiger partial charge is 0.454 e. The molecule has 3 aromatic rings. The van der Waals surface area contributed by atoms with Crippen LogP contribution in [0.15, 0.2) is 47.0 Å². The minimum atomic E-state index is -0.0936. The van der Waals surface area contributed by atoms with E-state index in [1.807, 2.05) is 41.3 Å². The summed E-state index contributed by atoms with van der Waals surface area (Å²) in [5.74, 6) is 2.32. The Morgan fingerprint density at radius 2 is 2.00 bits per heavy atom. The van der Waals surface area contributed by atoms with Crippen LogP contribution in [0, 0.1) is 0 Å². The van der Waals surface area contributed by atoms with Crippen LogP contribution in [0.4, 0.5) is 5.69 Å². The van der Waals surface area contributed by atoms with Crippen molar-refractivity contribution < 1.29 is 18.8 Å². The summed E-state index contributed by atoms with van der Waals surface area (Å²) in [6.45, 7) is 2.86. The number of aryl methyl sites for hydroxylation is 1. The first-order valence-electron chi connectivity index (χ1n) is 9.35. The molecular weight excluding hydrogens is 358 g/mol. The minimum Gasteiger partial charge on any atom is -0.454 e. The predicted octanol–water partition coefficient (Wildman–Crippen LogP) is 3.55.